The average molecular weight is 510 g/mol. The molecule has 4 aliphatic carbocycles. The predicted molar refractivity (Wildman–Crippen MR) is 150 cm³/mol. The van der Waals surface area contributed by atoms with Gasteiger partial charge < -0.3 is 10.1 Å². The van der Waals surface area contributed by atoms with E-state index in [-0.39, 0.29) is 17.0 Å². The summed E-state index contributed by atoms with van der Waals surface area (Å²) in [4.78, 5) is 23.8. The minimum atomic E-state index is -0.497. The molecule has 2 fully saturated rings. The largest absolute Gasteiger partial charge is 0.464 e. The van der Waals surface area contributed by atoms with Crippen molar-refractivity contribution in [2.24, 2.45) is 46.3 Å². The summed E-state index contributed by atoms with van der Waals surface area (Å²) >= 11 is 0. The molecule has 0 aromatic rings. The van der Waals surface area contributed by atoms with E-state index in [1.807, 2.05) is 6.08 Å². The second kappa shape index (κ2) is 11.1. The first-order valence-corrected chi connectivity index (χ1v) is 15.0. The smallest absolute Gasteiger partial charge is 0.354 e. The lowest BCUT2D eigenvalue weighted by molar-refractivity contribution is -0.137. The van der Waals surface area contributed by atoms with Crippen molar-refractivity contribution in [2.75, 3.05) is 7.11 Å². The Morgan fingerprint density at radius 2 is 1.86 bits per heavy atom. The van der Waals surface area contributed by atoms with Gasteiger partial charge in [0, 0.05) is 6.92 Å². The molecular weight excluding hydrogens is 458 g/mol. The molecule has 4 rings (SSSR count). The molecule has 0 aromatic carbocycles. The van der Waals surface area contributed by atoms with Crippen LogP contribution in [0.1, 0.15) is 106 Å². The highest BCUT2D eigenvalue weighted by molar-refractivity contribution is 5.93. The summed E-state index contributed by atoms with van der Waals surface area (Å²) < 4.78 is 4.90. The third-order valence-electron chi connectivity index (χ3n) is 11.0. The number of fused-ring (bicyclic) bond motifs is 5. The molecule has 0 spiro atoms. The maximum atomic E-state index is 12.2. The molecule has 0 heterocycles. The van der Waals surface area contributed by atoms with E-state index >= 15 is 0 Å². The third kappa shape index (κ3) is 5.50. The molecule has 1 N–H and O–H groups in total. The monoisotopic (exact) mass is 509 g/mol. The summed E-state index contributed by atoms with van der Waals surface area (Å²) in [5.41, 5.74) is 3.49. The van der Waals surface area contributed by atoms with Crippen molar-refractivity contribution in [2.45, 2.75) is 106 Å². The standard InChI is InChI=1S/C33H51NO3/c1-21(2)9-8-10-22(3)27-13-14-28-26-12-11-25-19-24(20-30(31(36)37-7)34-23(4)35)15-17-32(25,5)29(26)16-18-33(27,28)6/h11,19-22,26-29H,8-10,12-18H2,1-7H3,(H,34,35)/b30-20+/t22-,26+,27-,28+,29+,32+,33-/m1/s1. The van der Waals surface area contributed by atoms with E-state index in [0.29, 0.717) is 5.41 Å². The molecule has 0 aliphatic heterocycles. The molecule has 0 aromatic heterocycles. The van der Waals surface area contributed by atoms with Crippen molar-refractivity contribution < 1.29 is 14.3 Å². The Labute approximate surface area is 225 Å². The fourth-order valence-corrected chi connectivity index (χ4v) is 9.12. The molecule has 4 nitrogen and oxygen atoms in total. The van der Waals surface area contributed by atoms with Crippen LogP contribution in [0.5, 0.6) is 0 Å². The minimum absolute atomic E-state index is 0.210. The predicted octanol–water partition coefficient (Wildman–Crippen LogP) is 7.76. The summed E-state index contributed by atoms with van der Waals surface area (Å²) in [6, 6.07) is 0. The van der Waals surface area contributed by atoms with Crippen molar-refractivity contribution in [3.05, 3.63) is 35.1 Å². The van der Waals surface area contributed by atoms with E-state index in [2.05, 4.69) is 52.1 Å². The number of carbonyl (C=O) groups excluding carboxylic acids is 2. The van der Waals surface area contributed by atoms with Gasteiger partial charge in [-0.2, -0.15) is 0 Å². The van der Waals surface area contributed by atoms with Crippen molar-refractivity contribution in [3.63, 3.8) is 0 Å². The van der Waals surface area contributed by atoms with E-state index in [1.54, 1.807) is 0 Å². The quantitative estimate of drug-likeness (QED) is 0.269. The van der Waals surface area contributed by atoms with Gasteiger partial charge in [0.25, 0.3) is 0 Å². The number of nitrogens with one attached hydrogen (secondary N) is 1. The number of hydrogen-bond donors (Lipinski definition) is 1. The Balaban J connectivity index is 1.52. The van der Waals surface area contributed by atoms with Crippen molar-refractivity contribution in [3.8, 4) is 0 Å². The Morgan fingerprint density at radius 3 is 2.54 bits per heavy atom. The van der Waals surface area contributed by atoms with Gasteiger partial charge in [-0.25, -0.2) is 4.79 Å². The number of carbonyl (C=O) groups is 2. The van der Waals surface area contributed by atoms with Crippen LogP contribution in [0.15, 0.2) is 35.1 Å². The normalized spacial score (nSPS) is 36.1. The van der Waals surface area contributed by atoms with E-state index in [9.17, 15) is 9.59 Å². The van der Waals surface area contributed by atoms with Crippen molar-refractivity contribution in [1.29, 1.82) is 0 Å². The molecule has 206 valence electrons. The van der Waals surface area contributed by atoms with E-state index in [4.69, 9.17) is 4.74 Å². The van der Waals surface area contributed by atoms with Gasteiger partial charge >= 0.3 is 5.97 Å². The second-order valence-corrected chi connectivity index (χ2v) is 13.7. The molecule has 0 bridgehead atoms. The van der Waals surface area contributed by atoms with E-state index in [1.165, 1.54) is 71.0 Å². The lowest BCUT2D eigenvalue weighted by atomic mass is 9.47. The van der Waals surface area contributed by atoms with Crippen LogP contribution in [0.4, 0.5) is 0 Å². The van der Waals surface area contributed by atoms with Crippen molar-refractivity contribution in [1.82, 2.24) is 5.32 Å². The molecule has 1 amide bonds. The molecular formula is C33H51NO3. The number of hydrogen-bond acceptors (Lipinski definition) is 3. The highest BCUT2D eigenvalue weighted by Crippen LogP contribution is 2.67. The number of ether oxygens (including phenoxy) is 1. The van der Waals surface area contributed by atoms with Gasteiger partial charge in [0.05, 0.1) is 7.11 Å². The first-order valence-electron chi connectivity index (χ1n) is 15.0. The summed E-state index contributed by atoms with van der Waals surface area (Å²) in [5.74, 6) is 4.20. The summed E-state index contributed by atoms with van der Waals surface area (Å²) in [7, 11) is 1.35. The van der Waals surface area contributed by atoms with Gasteiger partial charge in [-0.05, 0) is 109 Å². The molecule has 0 unspecified atom stereocenters. The number of amides is 1. The lowest BCUT2D eigenvalue weighted by Gasteiger charge is -2.57. The van der Waals surface area contributed by atoms with Gasteiger partial charge in [0.1, 0.15) is 5.70 Å². The van der Waals surface area contributed by atoms with Gasteiger partial charge in [-0.1, -0.05) is 66.0 Å². The Morgan fingerprint density at radius 1 is 1.11 bits per heavy atom. The van der Waals surface area contributed by atoms with E-state index < -0.39 is 5.97 Å². The summed E-state index contributed by atoms with van der Waals surface area (Å²) in [6.07, 6.45) is 19.6. The zero-order chi connectivity index (χ0) is 27.0. The number of esters is 1. The molecule has 7 atom stereocenters. The molecule has 4 heteroatoms. The van der Waals surface area contributed by atoms with Crippen LogP contribution in [0.25, 0.3) is 0 Å². The molecule has 0 radical (unpaired) electrons. The molecule has 0 saturated heterocycles. The Hall–Kier alpha value is -1.84. The van der Waals surface area contributed by atoms with Crippen molar-refractivity contribution >= 4 is 11.9 Å². The van der Waals surface area contributed by atoms with Gasteiger partial charge in [0.2, 0.25) is 5.91 Å². The fraction of sp³-hybridized carbons (Fsp3) is 0.758. The van der Waals surface area contributed by atoms with Crippen LogP contribution >= 0.6 is 0 Å². The second-order valence-electron chi connectivity index (χ2n) is 13.7. The number of allylic oxidation sites excluding steroid dienone is 5. The highest BCUT2D eigenvalue weighted by Gasteiger charge is 2.58. The summed E-state index contributed by atoms with van der Waals surface area (Å²) in [5, 5.41) is 2.65. The van der Waals surface area contributed by atoms with Crippen LogP contribution in [0.2, 0.25) is 0 Å². The topological polar surface area (TPSA) is 55.4 Å². The SMILES string of the molecule is COC(=O)/C(=C\C1=CC2=CC[C@H]3[C@@H]4CC[C@H]([C@H](C)CCCC(C)C)[C@@]4(C)CC[C@@H]3[C@@]2(C)CC1)NC(C)=O. The van der Waals surface area contributed by atoms with E-state index in [0.717, 1.165) is 53.9 Å². The average Bonchev–Trinajstić information content (AvgIpc) is 3.20. The molecule has 37 heavy (non-hydrogen) atoms. The highest BCUT2D eigenvalue weighted by atomic mass is 16.5. The fourth-order valence-electron chi connectivity index (χ4n) is 9.12. The van der Waals surface area contributed by atoms with Gasteiger partial charge in [-0.3, -0.25) is 4.79 Å². The van der Waals surface area contributed by atoms with Gasteiger partial charge in [0.15, 0.2) is 0 Å². The van der Waals surface area contributed by atoms with Crippen LogP contribution in [-0.2, 0) is 14.3 Å². The first-order chi connectivity index (χ1) is 17.5. The maximum Gasteiger partial charge on any atom is 0.354 e. The Bertz CT molecular complexity index is 974. The third-order valence-corrected chi connectivity index (χ3v) is 11.0. The van der Waals surface area contributed by atoms with Crippen LogP contribution in [-0.4, -0.2) is 19.0 Å². The number of methoxy groups -OCH3 is 1. The zero-order valence-electron chi connectivity index (χ0n) is 24.5. The zero-order valence-corrected chi connectivity index (χ0v) is 24.5. The molecule has 4 aliphatic rings. The van der Waals surface area contributed by atoms with Gasteiger partial charge in [-0.15, -0.1) is 0 Å². The van der Waals surface area contributed by atoms with Crippen LogP contribution in [0, 0.1) is 46.3 Å². The minimum Gasteiger partial charge on any atom is -0.464 e. The molecule has 2 saturated carbocycles. The van der Waals surface area contributed by atoms with Crippen LogP contribution < -0.4 is 5.32 Å². The first kappa shape index (κ1) is 28.2. The number of rotatable bonds is 8. The van der Waals surface area contributed by atoms with Crippen LogP contribution in [0.3, 0.4) is 0 Å². The Kier molecular flexibility index (Phi) is 8.46. The maximum absolute atomic E-state index is 12.2. The lowest BCUT2D eigenvalue weighted by Crippen LogP contribution is -2.49. The summed E-state index contributed by atoms with van der Waals surface area (Å²) in [6.45, 7) is 13.8.